The van der Waals surface area contributed by atoms with Crippen molar-refractivity contribution < 1.29 is 23.0 Å². The molecular weight excluding hydrogens is 584 g/mol. The molecule has 7 nitrogen and oxygen atoms in total. The number of ether oxygens (including phenoxy) is 2. The molecule has 0 aliphatic carbocycles. The molecule has 1 saturated heterocycles. The molecule has 0 saturated carbocycles. The monoisotopic (exact) mass is 622 g/mol. The van der Waals surface area contributed by atoms with Gasteiger partial charge in [-0.15, -0.1) is 0 Å². The first-order valence-electron chi connectivity index (χ1n) is 15.2. The molecule has 5 aromatic carbocycles. The van der Waals surface area contributed by atoms with Crippen LogP contribution in [0.2, 0.25) is 0 Å². The Morgan fingerprint density at radius 3 is 2.20 bits per heavy atom. The molecule has 0 amide bonds. The highest BCUT2D eigenvalue weighted by molar-refractivity contribution is 7.92. The molecule has 0 unspecified atom stereocenters. The Labute approximate surface area is 265 Å². The van der Waals surface area contributed by atoms with Gasteiger partial charge in [0.05, 0.1) is 23.7 Å². The maximum absolute atomic E-state index is 12.8. The molecular formula is C37H38N2O5S. The van der Waals surface area contributed by atoms with E-state index in [0.29, 0.717) is 18.7 Å². The lowest BCUT2D eigenvalue weighted by Gasteiger charge is -2.39. The summed E-state index contributed by atoms with van der Waals surface area (Å²) in [6.07, 6.45) is -0.327. The number of likely N-dealkylation sites (N-methyl/N-ethyl adjacent to an activating group) is 1. The van der Waals surface area contributed by atoms with Crippen molar-refractivity contribution in [1.29, 1.82) is 0 Å². The molecule has 1 fully saturated rings. The van der Waals surface area contributed by atoms with Crippen molar-refractivity contribution in [2.75, 3.05) is 18.3 Å². The summed E-state index contributed by atoms with van der Waals surface area (Å²) in [7, 11) is -1.59. The van der Waals surface area contributed by atoms with Crippen LogP contribution in [0.5, 0.6) is 0 Å². The molecule has 1 heterocycles. The first-order valence-corrected chi connectivity index (χ1v) is 16.6. The van der Waals surface area contributed by atoms with Gasteiger partial charge in [-0.1, -0.05) is 91.0 Å². The maximum atomic E-state index is 12.8. The summed E-state index contributed by atoms with van der Waals surface area (Å²) in [5.41, 5.74) is 4.35. The van der Waals surface area contributed by atoms with Crippen LogP contribution in [0.25, 0.3) is 10.8 Å². The predicted octanol–water partition coefficient (Wildman–Crippen LogP) is 7.37. The molecule has 45 heavy (non-hydrogen) atoms. The smallest absolute Gasteiger partial charge is 0.261 e. The summed E-state index contributed by atoms with van der Waals surface area (Å²) in [6, 6.07) is 38.4. The van der Waals surface area contributed by atoms with Gasteiger partial charge in [0.1, 0.15) is 0 Å². The lowest BCUT2D eigenvalue weighted by molar-refractivity contribution is -0.253. The number of anilines is 1. The fourth-order valence-corrected chi connectivity index (χ4v) is 6.84. The van der Waals surface area contributed by atoms with Crippen LogP contribution in [0.3, 0.4) is 0 Å². The van der Waals surface area contributed by atoms with E-state index in [1.54, 1.807) is 42.5 Å². The summed E-state index contributed by atoms with van der Waals surface area (Å²) >= 11 is 0. The van der Waals surface area contributed by atoms with E-state index in [9.17, 15) is 13.5 Å². The lowest BCUT2D eigenvalue weighted by atomic mass is 9.98. The second-order valence-electron chi connectivity index (χ2n) is 11.6. The number of hydrogen-bond donors (Lipinski definition) is 2. The summed E-state index contributed by atoms with van der Waals surface area (Å²) in [6.45, 7) is 2.88. The van der Waals surface area contributed by atoms with Gasteiger partial charge in [-0.3, -0.25) is 9.62 Å². The highest BCUT2D eigenvalue weighted by Crippen LogP contribution is 2.39. The van der Waals surface area contributed by atoms with E-state index in [4.69, 9.17) is 9.47 Å². The Balaban J connectivity index is 1.20. The van der Waals surface area contributed by atoms with Gasteiger partial charge in [-0.25, -0.2) is 8.42 Å². The highest BCUT2D eigenvalue weighted by Gasteiger charge is 2.33. The Morgan fingerprint density at radius 1 is 0.822 bits per heavy atom. The highest BCUT2D eigenvalue weighted by atomic mass is 32.2. The zero-order valence-electron chi connectivity index (χ0n) is 25.4. The summed E-state index contributed by atoms with van der Waals surface area (Å²) in [4.78, 5) is 2.51. The van der Waals surface area contributed by atoms with Crippen molar-refractivity contribution in [3.63, 3.8) is 0 Å². The number of nitrogens with one attached hydrogen (secondary N) is 1. The van der Waals surface area contributed by atoms with Gasteiger partial charge >= 0.3 is 0 Å². The zero-order valence-corrected chi connectivity index (χ0v) is 26.2. The maximum Gasteiger partial charge on any atom is 0.261 e. The summed E-state index contributed by atoms with van der Waals surface area (Å²) < 4.78 is 41.4. The van der Waals surface area contributed by atoms with Gasteiger partial charge in [-0.05, 0) is 71.8 Å². The Morgan fingerprint density at radius 2 is 1.49 bits per heavy atom. The molecule has 2 N–H and O–H groups in total. The molecule has 0 spiro atoms. The fraction of sp³-hybridized carbons (Fsp3) is 0.243. The molecule has 1 aliphatic heterocycles. The lowest BCUT2D eigenvalue weighted by Crippen LogP contribution is -2.38. The van der Waals surface area contributed by atoms with E-state index in [-0.39, 0.29) is 29.8 Å². The van der Waals surface area contributed by atoms with E-state index in [1.165, 1.54) is 16.3 Å². The van der Waals surface area contributed by atoms with E-state index in [0.717, 1.165) is 16.7 Å². The SMILES string of the molecule is C[C@H](c1ccc2ccccc2c1)N(C)C[C@@H]1C[C@H](c2ccc(CO)cc2)O[C@H](c2ccc(NS(=O)(=O)c3ccccc3)cc2)O1. The molecule has 0 aromatic heterocycles. The molecule has 1 aliphatic rings. The van der Waals surface area contributed by atoms with Crippen LogP contribution in [0, 0.1) is 0 Å². The third-order valence-electron chi connectivity index (χ3n) is 8.51. The summed E-state index contributed by atoms with van der Waals surface area (Å²) in [5, 5.41) is 12.0. The minimum Gasteiger partial charge on any atom is -0.392 e. The second kappa shape index (κ2) is 13.5. The number of sulfonamides is 1. The zero-order chi connectivity index (χ0) is 31.4. The van der Waals surface area contributed by atoms with Crippen LogP contribution in [0.4, 0.5) is 5.69 Å². The van der Waals surface area contributed by atoms with Gasteiger partial charge in [-0.2, -0.15) is 0 Å². The molecule has 4 atom stereocenters. The first kappa shape index (κ1) is 31.0. The topological polar surface area (TPSA) is 88.1 Å². The number of rotatable bonds is 10. The number of hydrogen-bond acceptors (Lipinski definition) is 6. The number of aliphatic hydroxyl groups is 1. The quantitative estimate of drug-likeness (QED) is 0.169. The number of aliphatic hydroxyl groups excluding tert-OH is 1. The molecule has 232 valence electrons. The normalized spacial score (nSPS) is 19.4. The Bertz CT molecular complexity index is 1830. The largest absolute Gasteiger partial charge is 0.392 e. The second-order valence-corrected chi connectivity index (χ2v) is 13.3. The van der Waals surface area contributed by atoms with Crippen molar-refractivity contribution in [2.24, 2.45) is 0 Å². The average molecular weight is 623 g/mol. The van der Waals surface area contributed by atoms with Gasteiger partial charge < -0.3 is 14.6 Å². The van der Waals surface area contributed by atoms with Crippen LogP contribution < -0.4 is 4.72 Å². The molecule has 8 heteroatoms. The van der Waals surface area contributed by atoms with Crippen molar-refractivity contribution >= 4 is 26.5 Å². The molecule has 0 radical (unpaired) electrons. The van der Waals surface area contributed by atoms with E-state index in [1.807, 2.05) is 36.4 Å². The van der Waals surface area contributed by atoms with Crippen LogP contribution in [-0.2, 0) is 26.1 Å². The molecule has 5 aromatic rings. The number of benzene rings is 5. The number of nitrogens with zero attached hydrogens (tertiary/aromatic N) is 1. The third kappa shape index (κ3) is 7.27. The van der Waals surface area contributed by atoms with E-state index >= 15 is 0 Å². The number of fused-ring (bicyclic) bond motifs is 1. The van der Waals surface area contributed by atoms with Crippen molar-refractivity contribution in [1.82, 2.24) is 4.90 Å². The Hall–Kier alpha value is -4.05. The van der Waals surface area contributed by atoms with Crippen molar-refractivity contribution in [3.05, 3.63) is 144 Å². The fourth-order valence-electron chi connectivity index (χ4n) is 5.76. The minimum atomic E-state index is -3.70. The van der Waals surface area contributed by atoms with Crippen LogP contribution in [0.15, 0.2) is 126 Å². The van der Waals surface area contributed by atoms with Gasteiger partial charge in [0.15, 0.2) is 6.29 Å². The van der Waals surface area contributed by atoms with Crippen LogP contribution in [0.1, 0.15) is 54.0 Å². The van der Waals surface area contributed by atoms with E-state index in [2.05, 4.69) is 66.1 Å². The van der Waals surface area contributed by atoms with E-state index < -0.39 is 16.3 Å². The standard InChI is InChI=1S/C37H38N2O5S/c1-26(31-17-16-28-8-6-7-9-32(28)22-31)39(2)24-34-23-36(29-14-12-27(25-40)13-15-29)44-37(43-34)30-18-20-33(21-19-30)38-45(41,42)35-10-4-3-5-11-35/h3-22,26,34,36-38,40H,23-25H2,1-2H3/t26-,34+,36-,37-/m1/s1. The summed E-state index contributed by atoms with van der Waals surface area (Å²) in [5.74, 6) is 0. The van der Waals surface area contributed by atoms with Gasteiger partial charge in [0, 0.05) is 30.3 Å². The third-order valence-corrected chi connectivity index (χ3v) is 9.91. The molecule has 0 bridgehead atoms. The van der Waals surface area contributed by atoms with Crippen LogP contribution in [-0.4, -0.2) is 38.1 Å². The predicted molar refractivity (Wildman–Crippen MR) is 177 cm³/mol. The van der Waals surface area contributed by atoms with Gasteiger partial charge in [0.2, 0.25) is 0 Å². The average Bonchev–Trinajstić information content (AvgIpc) is 3.08. The molecule has 6 rings (SSSR count). The van der Waals surface area contributed by atoms with Crippen LogP contribution >= 0.6 is 0 Å². The first-order chi connectivity index (χ1) is 21.8. The van der Waals surface area contributed by atoms with Gasteiger partial charge in [0.25, 0.3) is 10.0 Å². The minimum absolute atomic E-state index is 0.0159. The van der Waals surface area contributed by atoms with Crippen molar-refractivity contribution in [2.45, 2.75) is 49.4 Å². The Kier molecular flexibility index (Phi) is 9.30. The van der Waals surface area contributed by atoms with Crippen molar-refractivity contribution in [3.8, 4) is 0 Å².